The Labute approximate surface area is 177 Å². The molecule has 0 atom stereocenters. The number of thiazole rings is 2. The highest BCUT2D eigenvalue weighted by Gasteiger charge is 2.13. The van der Waals surface area contributed by atoms with Gasteiger partial charge in [0.2, 0.25) is 5.91 Å². The largest absolute Gasteiger partial charge is 0.466 e. The molecule has 6 nitrogen and oxygen atoms in total. The van der Waals surface area contributed by atoms with Crippen LogP contribution in [0.4, 0.5) is 13.9 Å². The molecule has 0 aliphatic heterocycles. The first-order valence-corrected chi connectivity index (χ1v) is 11.1. The molecule has 2 aromatic heterocycles. The van der Waals surface area contributed by atoms with Gasteiger partial charge in [0.05, 0.1) is 30.2 Å². The van der Waals surface area contributed by atoms with E-state index in [4.69, 9.17) is 4.74 Å². The second kappa shape index (κ2) is 9.90. The van der Waals surface area contributed by atoms with Crippen LogP contribution in [0.15, 0.2) is 33.3 Å². The van der Waals surface area contributed by atoms with E-state index in [1.54, 1.807) is 17.7 Å². The van der Waals surface area contributed by atoms with E-state index in [0.29, 0.717) is 33.0 Å². The van der Waals surface area contributed by atoms with Gasteiger partial charge in [0, 0.05) is 16.3 Å². The van der Waals surface area contributed by atoms with Crippen LogP contribution < -0.4 is 5.32 Å². The molecule has 0 aliphatic rings. The van der Waals surface area contributed by atoms with Gasteiger partial charge in [-0.25, -0.2) is 18.7 Å². The maximum atomic E-state index is 13.4. The Hall–Kier alpha value is -2.37. The van der Waals surface area contributed by atoms with Gasteiger partial charge in [0.1, 0.15) is 0 Å². The molecule has 0 bridgehead atoms. The van der Waals surface area contributed by atoms with E-state index in [1.165, 1.54) is 40.5 Å². The first-order valence-electron chi connectivity index (χ1n) is 8.38. The van der Waals surface area contributed by atoms with Gasteiger partial charge < -0.3 is 10.1 Å². The number of aromatic nitrogens is 2. The number of hydrogen-bond donors (Lipinski definition) is 1. The average molecular weight is 456 g/mol. The molecule has 0 aliphatic carbocycles. The predicted octanol–water partition coefficient (Wildman–Crippen LogP) is 4.38. The number of esters is 1. The second-order valence-electron chi connectivity index (χ2n) is 5.59. The molecule has 11 heteroatoms. The molecule has 0 fully saturated rings. The third-order valence-corrected chi connectivity index (χ3v) is 6.28. The van der Waals surface area contributed by atoms with Gasteiger partial charge in [0.15, 0.2) is 21.1 Å². The fraction of sp³-hybridized carbons (Fsp3) is 0.222. The standard InChI is InChI=1S/C18H15F2N3O3S3/c1-2-26-16(25)6-11-7-28-18(21-11)29-9-15(24)23-17-22-14(8-27-17)10-3-4-12(19)13(20)5-10/h3-5,7-8H,2,6,9H2,1H3,(H,22,23,24). The van der Waals surface area contributed by atoms with E-state index in [2.05, 4.69) is 15.3 Å². The number of nitrogens with zero attached hydrogens (tertiary/aromatic N) is 2. The van der Waals surface area contributed by atoms with Crippen molar-refractivity contribution in [2.75, 3.05) is 17.7 Å². The van der Waals surface area contributed by atoms with E-state index < -0.39 is 11.6 Å². The van der Waals surface area contributed by atoms with Crippen LogP contribution in [0.3, 0.4) is 0 Å². The molecule has 0 spiro atoms. The molecular weight excluding hydrogens is 440 g/mol. The molecule has 1 aromatic carbocycles. The molecule has 1 N–H and O–H groups in total. The van der Waals surface area contributed by atoms with Crippen LogP contribution in [0.1, 0.15) is 12.6 Å². The van der Waals surface area contributed by atoms with Crippen LogP contribution in [0.2, 0.25) is 0 Å². The van der Waals surface area contributed by atoms with E-state index in [9.17, 15) is 18.4 Å². The van der Waals surface area contributed by atoms with Gasteiger partial charge in [-0.2, -0.15) is 0 Å². The van der Waals surface area contributed by atoms with Crippen LogP contribution in [0.25, 0.3) is 11.3 Å². The van der Waals surface area contributed by atoms with Crippen molar-refractivity contribution in [1.29, 1.82) is 0 Å². The minimum absolute atomic E-state index is 0.100. The molecule has 3 aromatic rings. The maximum Gasteiger partial charge on any atom is 0.311 e. The highest BCUT2D eigenvalue weighted by Crippen LogP contribution is 2.27. The molecule has 2 heterocycles. The lowest BCUT2D eigenvalue weighted by molar-refractivity contribution is -0.142. The van der Waals surface area contributed by atoms with Gasteiger partial charge in [-0.3, -0.25) is 9.59 Å². The van der Waals surface area contributed by atoms with Crippen molar-refractivity contribution in [3.8, 4) is 11.3 Å². The number of amides is 1. The van der Waals surface area contributed by atoms with Crippen molar-refractivity contribution in [3.05, 3.63) is 46.3 Å². The number of rotatable bonds is 8. The summed E-state index contributed by atoms with van der Waals surface area (Å²) in [5.41, 5.74) is 1.47. The molecule has 3 rings (SSSR count). The highest BCUT2D eigenvalue weighted by atomic mass is 32.2. The Morgan fingerprint density at radius 2 is 2.00 bits per heavy atom. The van der Waals surface area contributed by atoms with Crippen LogP contribution in [0, 0.1) is 11.6 Å². The lowest BCUT2D eigenvalue weighted by Crippen LogP contribution is -2.13. The summed E-state index contributed by atoms with van der Waals surface area (Å²) in [7, 11) is 0. The number of halogens is 2. The van der Waals surface area contributed by atoms with E-state index >= 15 is 0 Å². The highest BCUT2D eigenvalue weighted by molar-refractivity contribution is 8.01. The maximum absolute atomic E-state index is 13.4. The molecule has 0 radical (unpaired) electrons. The fourth-order valence-electron chi connectivity index (χ4n) is 2.20. The SMILES string of the molecule is CCOC(=O)Cc1csc(SCC(=O)Nc2nc(-c3ccc(F)c(F)c3)cs2)n1. The van der Waals surface area contributed by atoms with Gasteiger partial charge in [0.25, 0.3) is 0 Å². The van der Waals surface area contributed by atoms with Gasteiger partial charge >= 0.3 is 5.97 Å². The Bertz CT molecular complexity index is 1020. The number of ether oxygens (including phenoxy) is 1. The number of carbonyl (C=O) groups excluding carboxylic acids is 2. The third kappa shape index (κ3) is 6.05. The quantitative estimate of drug-likeness (QED) is 0.401. The number of thioether (sulfide) groups is 1. The fourth-order valence-corrected chi connectivity index (χ4v) is 4.58. The average Bonchev–Trinajstić information content (AvgIpc) is 3.32. The molecule has 1 amide bonds. The Morgan fingerprint density at radius 1 is 1.17 bits per heavy atom. The van der Waals surface area contributed by atoms with Crippen molar-refractivity contribution < 1.29 is 23.1 Å². The summed E-state index contributed by atoms with van der Waals surface area (Å²) in [6.07, 6.45) is 0.100. The Balaban J connectivity index is 1.51. The molecule has 0 saturated carbocycles. The van der Waals surface area contributed by atoms with Crippen LogP contribution >= 0.6 is 34.4 Å². The monoisotopic (exact) mass is 455 g/mol. The molecule has 29 heavy (non-hydrogen) atoms. The van der Waals surface area contributed by atoms with Gasteiger partial charge in [-0.15, -0.1) is 22.7 Å². The van der Waals surface area contributed by atoms with Crippen LogP contribution in [-0.2, 0) is 20.7 Å². The zero-order chi connectivity index (χ0) is 20.8. The van der Waals surface area contributed by atoms with Crippen LogP contribution in [0.5, 0.6) is 0 Å². The van der Waals surface area contributed by atoms with E-state index in [-0.39, 0.29) is 24.1 Å². The second-order valence-corrected chi connectivity index (χ2v) is 8.53. The zero-order valence-electron chi connectivity index (χ0n) is 15.1. The number of nitrogens with one attached hydrogen (secondary N) is 1. The minimum atomic E-state index is -0.955. The van der Waals surface area contributed by atoms with Crippen molar-refractivity contribution in [3.63, 3.8) is 0 Å². The first kappa shape index (κ1) is 21.3. The lowest BCUT2D eigenvalue weighted by Gasteiger charge is -2.00. The number of hydrogen-bond acceptors (Lipinski definition) is 8. The van der Waals surface area contributed by atoms with Crippen molar-refractivity contribution in [2.24, 2.45) is 0 Å². The molecule has 0 saturated heterocycles. The summed E-state index contributed by atoms with van der Waals surface area (Å²) in [4.78, 5) is 32.1. The zero-order valence-corrected chi connectivity index (χ0v) is 17.6. The molecular formula is C18H15F2N3O3S3. The van der Waals surface area contributed by atoms with Crippen LogP contribution in [-0.4, -0.2) is 34.2 Å². The smallest absolute Gasteiger partial charge is 0.311 e. The summed E-state index contributed by atoms with van der Waals surface area (Å²) in [5, 5.41) is 6.43. The topological polar surface area (TPSA) is 81.2 Å². The number of benzene rings is 1. The van der Waals surface area contributed by atoms with Crippen molar-refractivity contribution in [1.82, 2.24) is 9.97 Å². The normalized spacial score (nSPS) is 10.7. The predicted molar refractivity (Wildman–Crippen MR) is 109 cm³/mol. The summed E-state index contributed by atoms with van der Waals surface area (Å²) >= 11 is 3.78. The number of anilines is 1. The summed E-state index contributed by atoms with van der Waals surface area (Å²) in [5.74, 6) is -2.38. The van der Waals surface area contributed by atoms with E-state index in [1.807, 2.05) is 0 Å². The summed E-state index contributed by atoms with van der Waals surface area (Å²) in [6.45, 7) is 2.06. The molecule has 152 valence electrons. The summed E-state index contributed by atoms with van der Waals surface area (Å²) in [6, 6.07) is 3.51. The molecule has 0 unspecified atom stereocenters. The first-order chi connectivity index (χ1) is 13.9. The van der Waals surface area contributed by atoms with E-state index in [0.717, 1.165) is 12.1 Å². The van der Waals surface area contributed by atoms with Gasteiger partial charge in [-0.05, 0) is 25.1 Å². The van der Waals surface area contributed by atoms with Gasteiger partial charge in [-0.1, -0.05) is 11.8 Å². The lowest BCUT2D eigenvalue weighted by atomic mass is 10.2. The number of carbonyl (C=O) groups is 2. The van der Waals surface area contributed by atoms with Crippen molar-refractivity contribution in [2.45, 2.75) is 17.7 Å². The third-order valence-electron chi connectivity index (χ3n) is 3.45. The van der Waals surface area contributed by atoms with Crippen molar-refractivity contribution >= 4 is 51.4 Å². The Morgan fingerprint density at radius 3 is 2.76 bits per heavy atom. The minimum Gasteiger partial charge on any atom is -0.466 e. The Kier molecular flexibility index (Phi) is 7.29. The summed E-state index contributed by atoms with van der Waals surface area (Å²) < 4.78 is 31.9.